The molecule has 2 aromatic heterocycles. The van der Waals surface area contributed by atoms with Crippen molar-refractivity contribution in [1.82, 2.24) is 20.3 Å². The van der Waals surface area contributed by atoms with Crippen molar-refractivity contribution in [3.8, 4) is 11.3 Å². The van der Waals surface area contributed by atoms with Gasteiger partial charge >= 0.3 is 0 Å². The third-order valence-corrected chi connectivity index (χ3v) is 5.91. The molecule has 154 valence electrons. The predicted octanol–water partition coefficient (Wildman–Crippen LogP) is 3.43. The molecule has 1 amide bonds. The fourth-order valence-electron chi connectivity index (χ4n) is 4.43. The van der Waals surface area contributed by atoms with Gasteiger partial charge in [-0.1, -0.05) is 25.0 Å². The normalized spacial score (nSPS) is 17.9. The van der Waals surface area contributed by atoms with E-state index in [0.29, 0.717) is 30.8 Å². The lowest BCUT2D eigenvalue weighted by molar-refractivity contribution is -0.127. The van der Waals surface area contributed by atoms with Crippen molar-refractivity contribution in [2.45, 2.75) is 38.1 Å². The first-order valence-corrected chi connectivity index (χ1v) is 10.3. The summed E-state index contributed by atoms with van der Waals surface area (Å²) in [7, 11) is 0. The van der Waals surface area contributed by atoms with Gasteiger partial charge in [0.25, 0.3) is 6.01 Å². The lowest BCUT2D eigenvalue weighted by atomic mass is 9.92. The van der Waals surface area contributed by atoms with Gasteiger partial charge in [0.2, 0.25) is 11.9 Å². The van der Waals surface area contributed by atoms with Crippen LogP contribution in [0.25, 0.3) is 11.3 Å². The van der Waals surface area contributed by atoms with E-state index in [1.54, 1.807) is 12.4 Å². The zero-order valence-electron chi connectivity index (χ0n) is 16.9. The van der Waals surface area contributed by atoms with Gasteiger partial charge in [0, 0.05) is 36.2 Å². The maximum Gasteiger partial charge on any atom is 0.298 e. The van der Waals surface area contributed by atoms with Gasteiger partial charge in [-0.25, -0.2) is 15.0 Å². The minimum Gasteiger partial charge on any atom is -0.423 e. The number of aromatic nitrogens is 3. The molecule has 8 nitrogen and oxygen atoms in total. The highest BCUT2D eigenvalue weighted by Crippen LogP contribution is 2.40. The first-order valence-electron chi connectivity index (χ1n) is 10.3. The summed E-state index contributed by atoms with van der Waals surface area (Å²) in [4.78, 5) is 27.9. The van der Waals surface area contributed by atoms with Crippen LogP contribution in [0.2, 0.25) is 0 Å². The molecular formula is C22H24N6O2. The second-order valence-electron chi connectivity index (χ2n) is 7.88. The molecule has 0 bridgehead atoms. The molecule has 1 aliphatic heterocycles. The maximum atomic E-state index is 12.7. The Morgan fingerprint density at radius 3 is 2.90 bits per heavy atom. The Morgan fingerprint density at radius 2 is 2.07 bits per heavy atom. The molecule has 2 aliphatic rings. The van der Waals surface area contributed by atoms with Crippen LogP contribution in [0.15, 0.2) is 47.1 Å². The van der Waals surface area contributed by atoms with Crippen LogP contribution >= 0.6 is 0 Å². The van der Waals surface area contributed by atoms with Crippen LogP contribution in [-0.4, -0.2) is 39.5 Å². The number of nitrogens with zero attached hydrogens (tertiary/aromatic N) is 4. The van der Waals surface area contributed by atoms with Crippen molar-refractivity contribution in [3.05, 3.63) is 48.4 Å². The van der Waals surface area contributed by atoms with Crippen LogP contribution in [0, 0.1) is 6.92 Å². The van der Waals surface area contributed by atoms with Crippen molar-refractivity contribution in [3.63, 3.8) is 0 Å². The number of amides is 1. The monoisotopic (exact) mass is 404 g/mol. The molecule has 2 fully saturated rings. The molecule has 0 unspecified atom stereocenters. The van der Waals surface area contributed by atoms with Gasteiger partial charge < -0.3 is 20.0 Å². The second-order valence-corrected chi connectivity index (χ2v) is 7.88. The zero-order valence-corrected chi connectivity index (χ0v) is 16.9. The Kier molecular flexibility index (Phi) is 4.61. The second kappa shape index (κ2) is 7.44. The number of aryl methyl sites for hydroxylation is 1. The minimum absolute atomic E-state index is 0.0929. The first-order chi connectivity index (χ1) is 14.6. The van der Waals surface area contributed by atoms with E-state index in [0.717, 1.165) is 42.6 Å². The van der Waals surface area contributed by atoms with E-state index in [1.165, 1.54) is 0 Å². The van der Waals surface area contributed by atoms with Gasteiger partial charge in [0.1, 0.15) is 5.54 Å². The SMILES string of the molecule is Cc1ccnc(Nc2cccc(-c3cnc(N4CCNC(=O)C45CCCC5)o3)c2)n1. The van der Waals surface area contributed by atoms with E-state index in [9.17, 15) is 4.79 Å². The van der Waals surface area contributed by atoms with Crippen LogP contribution in [0.5, 0.6) is 0 Å². The van der Waals surface area contributed by atoms with Crippen LogP contribution < -0.4 is 15.5 Å². The van der Waals surface area contributed by atoms with E-state index in [2.05, 4.69) is 30.5 Å². The summed E-state index contributed by atoms with van der Waals surface area (Å²) >= 11 is 0. The maximum absolute atomic E-state index is 12.7. The van der Waals surface area contributed by atoms with Crippen LogP contribution in [0.3, 0.4) is 0 Å². The zero-order chi connectivity index (χ0) is 20.6. The molecule has 5 rings (SSSR count). The minimum atomic E-state index is -0.522. The number of piperazine rings is 1. The highest BCUT2D eigenvalue weighted by Gasteiger charge is 2.49. The molecule has 3 aromatic rings. The molecule has 30 heavy (non-hydrogen) atoms. The topological polar surface area (TPSA) is 96.2 Å². The summed E-state index contributed by atoms with van der Waals surface area (Å²) in [5.41, 5.74) is 2.13. The van der Waals surface area contributed by atoms with E-state index < -0.39 is 5.54 Å². The molecule has 1 aliphatic carbocycles. The molecule has 1 spiro atoms. The molecule has 2 N–H and O–H groups in total. The third kappa shape index (κ3) is 3.28. The van der Waals surface area contributed by atoms with Gasteiger partial charge in [0.05, 0.1) is 6.20 Å². The summed E-state index contributed by atoms with van der Waals surface area (Å²) in [5, 5.41) is 6.24. The number of nitrogens with one attached hydrogen (secondary N) is 2. The summed E-state index contributed by atoms with van der Waals surface area (Å²) in [5.74, 6) is 1.31. The predicted molar refractivity (Wildman–Crippen MR) is 114 cm³/mol. The van der Waals surface area contributed by atoms with Crippen molar-refractivity contribution in [2.24, 2.45) is 0 Å². The van der Waals surface area contributed by atoms with Crippen LogP contribution in [0.1, 0.15) is 31.4 Å². The fraction of sp³-hybridized carbons (Fsp3) is 0.364. The Morgan fingerprint density at radius 1 is 1.20 bits per heavy atom. The Bertz CT molecular complexity index is 1070. The average molecular weight is 404 g/mol. The van der Waals surface area contributed by atoms with Crippen molar-refractivity contribution in [2.75, 3.05) is 23.3 Å². The lowest BCUT2D eigenvalue weighted by Gasteiger charge is -2.42. The molecule has 1 saturated heterocycles. The quantitative estimate of drug-likeness (QED) is 0.688. The molecule has 0 radical (unpaired) electrons. The first kappa shape index (κ1) is 18.6. The number of oxazole rings is 1. The van der Waals surface area contributed by atoms with Gasteiger partial charge in [-0.3, -0.25) is 4.79 Å². The Hall–Kier alpha value is -3.42. The Balaban J connectivity index is 1.41. The van der Waals surface area contributed by atoms with Gasteiger partial charge in [0.15, 0.2) is 5.76 Å². The summed E-state index contributed by atoms with van der Waals surface area (Å²) < 4.78 is 6.14. The molecule has 1 saturated carbocycles. The van der Waals surface area contributed by atoms with Crippen molar-refractivity contribution < 1.29 is 9.21 Å². The molecule has 1 aromatic carbocycles. The van der Waals surface area contributed by atoms with Gasteiger partial charge in [-0.05, 0) is 38.0 Å². The third-order valence-electron chi connectivity index (χ3n) is 5.91. The highest BCUT2D eigenvalue weighted by atomic mass is 16.4. The summed E-state index contributed by atoms with van der Waals surface area (Å²) in [6.07, 6.45) is 7.23. The number of hydrogen-bond acceptors (Lipinski definition) is 7. The van der Waals surface area contributed by atoms with Crippen LogP contribution in [0.4, 0.5) is 17.7 Å². The van der Waals surface area contributed by atoms with Gasteiger partial charge in [-0.2, -0.15) is 0 Å². The number of rotatable bonds is 4. The van der Waals surface area contributed by atoms with Crippen molar-refractivity contribution >= 4 is 23.6 Å². The molecule has 0 atom stereocenters. The standard InChI is InChI=1S/C22H24N6O2/c1-15-7-10-24-20(26-15)27-17-6-4-5-16(13-17)18-14-25-21(30-18)28-12-11-23-19(29)22(28)8-2-3-9-22/h4-7,10,13-14H,2-3,8-9,11-12H2,1H3,(H,23,29)(H,24,26,27). The number of anilines is 3. The number of carbonyl (C=O) groups excluding carboxylic acids is 1. The fourth-order valence-corrected chi connectivity index (χ4v) is 4.43. The Labute approximate surface area is 174 Å². The highest BCUT2D eigenvalue weighted by molar-refractivity contribution is 5.91. The van der Waals surface area contributed by atoms with E-state index in [-0.39, 0.29) is 5.91 Å². The molecular weight excluding hydrogens is 380 g/mol. The summed E-state index contributed by atoms with van der Waals surface area (Å²) in [6.45, 7) is 3.24. The van der Waals surface area contributed by atoms with Crippen molar-refractivity contribution in [1.29, 1.82) is 0 Å². The van der Waals surface area contributed by atoms with Gasteiger partial charge in [-0.15, -0.1) is 0 Å². The number of carbonyl (C=O) groups is 1. The lowest BCUT2D eigenvalue weighted by Crippen LogP contribution is -2.64. The van der Waals surface area contributed by atoms with E-state index in [1.807, 2.05) is 37.3 Å². The van der Waals surface area contributed by atoms with E-state index >= 15 is 0 Å². The average Bonchev–Trinajstić information content (AvgIpc) is 3.42. The smallest absolute Gasteiger partial charge is 0.298 e. The summed E-state index contributed by atoms with van der Waals surface area (Å²) in [6, 6.07) is 10.2. The number of hydrogen-bond donors (Lipinski definition) is 2. The van der Waals surface area contributed by atoms with E-state index in [4.69, 9.17) is 4.42 Å². The largest absolute Gasteiger partial charge is 0.423 e. The van der Waals surface area contributed by atoms with Crippen LogP contribution in [-0.2, 0) is 4.79 Å². The molecule has 3 heterocycles. The number of benzene rings is 1. The molecule has 8 heteroatoms.